The van der Waals surface area contributed by atoms with Gasteiger partial charge in [0.25, 0.3) is 0 Å². The zero-order valence-electron chi connectivity index (χ0n) is 9.22. The van der Waals surface area contributed by atoms with Gasteiger partial charge >= 0.3 is 0 Å². The van der Waals surface area contributed by atoms with Crippen LogP contribution in [0.15, 0.2) is 4.99 Å². The fourth-order valence-electron chi connectivity index (χ4n) is 1.91. The third-order valence-corrected chi connectivity index (χ3v) is 3.26. The first kappa shape index (κ1) is 15.9. The summed E-state index contributed by atoms with van der Waals surface area (Å²) >= 11 is 0. The second kappa shape index (κ2) is 6.60. The second-order valence-corrected chi connectivity index (χ2v) is 5.73. The molecule has 0 amide bonds. The predicted octanol–water partition coefficient (Wildman–Crippen LogP) is -0.404. The molecule has 8 heteroatoms. The summed E-state index contributed by atoms with van der Waals surface area (Å²) < 4.78 is 24.8. The predicted molar refractivity (Wildman–Crippen MR) is 75.2 cm³/mol. The maximum absolute atomic E-state index is 11.1. The molecule has 2 unspecified atom stereocenters. The van der Waals surface area contributed by atoms with Crippen LogP contribution in [0.4, 0.5) is 0 Å². The molecular weight excluding hydrogens is 343 g/mol. The van der Waals surface area contributed by atoms with Crippen LogP contribution in [0.5, 0.6) is 0 Å². The molecule has 0 radical (unpaired) electrons. The number of guanidine groups is 1. The number of halogens is 1. The Bertz CT molecular complexity index is 340. The molecule has 1 fully saturated rings. The molecule has 96 valence electrons. The minimum Gasteiger partial charge on any atom is -0.370 e. The summed E-state index contributed by atoms with van der Waals surface area (Å²) in [6.07, 6.45) is 4.00. The summed E-state index contributed by atoms with van der Waals surface area (Å²) in [4.78, 5) is 3.92. The summed E-state index contributed by atoms with van der Waals surface area (Å²) in [5.41, 5.74) is 10.5. The molecule has 0 bridgehead atoms. The smallest absolute Gasteiger partial charge is 0.208 e. The van der Waals surface area contributed by atoms with Gasteiger partial charge in [0, 0.05) is 12.6 Å². The number of aliphatic imine (C=N–C) groups is 1. The molecule has 0 aromatic heterocycles. The Morgan fingerprint density at radius 1 is 1.44 bits per heavy atom. The average molecular weight is 362 g/mol. The highest BCUT2D eigenvalue weighted by Gasteiger charge is 2.28. The standard InChI is InChI=1S/C8H18N4O2S.HI/c1-15(13,14)12-7-4-2-3-6(7)5-11-8(9)10;/h6-7,12H,2-5H2,1H3,(H4,9,10,11);1H. The first-order valence-electron chi connectivity index (χ1n) is 4.91. The Morgan fingerprint density at radius 3 is 2.56 bits per heavy atom. The van der Waals surface area contributed by atoms with E-state index in [9.17, 15) is 8.42 Å². The molecule has 1 saturated carbocycles. The summed E-state index contributed by atoms with van der Waals surface area (Å²) in [7, 11) is -3.14. The van der Waals surface area contributed by atoms with Crippen LogP contribution in [0.2, 0.25) is 0 Å². The fourth-order valence-corrected chi connectivity index (χ4v) is 2.77. The van der Waals surface area contributed by atoms with Crippen molar-refractivity contribution in [3.63, 3.8) is 0 Å². The quantitative estimate of drug-likeness (QED) is 0.359. The summed E-state index contributed by atoms with van der Waals surface area (Å²) in [6, 6.07) is -0.0249. The third kappa shape index (κ3) is 5.85. The van der Waals surface area contributed by atoms with E-state index in [-0.39, 0.29) is 41.9 Å². The number of nitrogens with two attached hydrogens (primary N) is 2. The fraction of sp³-hybridized carbons (Fsp3) is 0.875. The van der Waals surface area contributed by atoms with Gasteiger partial charge in [-0.2, -0.15) is 0 Å². The molecule has 1 aliphatic carbocycles. The minimum atomic E-state index is -3.14. The van der Waals surface area contributed by atoms with Crippen molar-refractivity contribution in [2.24, 2.45) is 22.4 Å². The normalized spacial score (nSPS) is 24.8. The van der Waals surface area contributed by atoms with Crippen LogP contribution in [0.3, 0.4) is 0 Å². The lowest BCUT2D eigenvalue weighted by Gasteiger charge is -2.17. The maximum atomic E-state index is 11.1. The molecule has 0 aromatic rings. The zero-order chi connectivity index (χ0) is 11.5. The van der Waals surface area contributed by atoms with Gasteiger partial charge in [0.1, 0.15) is 0 Å². The lowest BCUT2D eigenvalue weighted by molar-refractivity contribution is 0.455. The molecule has 1 rings (SSSR count). The van der Waals surface area contributed by atoms with Crippen molar-refractivity contribution in [3.8, 4) is 0 Å². The van der Waals surface area contributed by atoms with Gasteiger partial charge in [-0.1, -0.05) is 6.42 Å². The average Bonchev–Trinajstić information content (AvgIpc) is 2.45. The van der Waals surface area contributed by atoms with E-state index in [4.69, 9.17) is 11.5 Å². The first-order chi connectivity index (χ1) is 6.88. The number of nitrogens with one attached hydrogen (secondary N) is 1. The number of hydrogen-bond acceptors (Lipinski definition) is 3. The third-order valence-electron chi connectivity index (χ3n) is 2.53. The van der Waals surface area contributed by atoms with E-state index >= 15 is 0 Å². The van der Waals surface area contributed by atoms with Crippen LogP contribution in [-0.2, 0) is 10.0 Å². The second-order valence-electron chi connectivity index (χ2n) is 3.95. The first-order valence-corrected chi connectivity index (χ1v) is 6.80. The van der Waals surface area contributed by atoms with Crippen molar-refractivity contribution in [1.82, 2.24) is 4.72 Å². The Labute approximate surface area is 113 Å². The van der Waals surface area contributed by atoms with Crippen molar-refractivity contribution >= 4 is 40.0 Å². The van der Waals surface area contributed by atoms with Gasteiger partial charge in [0.15, 0.2) is 5.96 Å². The van der Waals surface area contributed by atoms with E-state index in [1.54, 1.807) is 0 Å². The molecule has 6 nitrogen and oxygen atoms in total. The SMILES string of the molecule is CS(=O)(=O)NC1CCCC1CN=C(N)N.I. The molecule has 0 heterocycles. The Hall–Kier alpha value is -0.0900. The number of sulfonamides is 1. The van der Waals surface area contributed by atoms with Crippen LogP contribution in [0.1, 0.15) is 19.3 Å². The van der Waals surface area contributed by atoms with Crippen LogP contribution >= 0.6 is 24.0 Å². The van der Waals surface area contributed by atoms with E-state index in [0.29, 0.717) is 6.54 Å². The van der Waals surface area contributed by atoms with E-state index in [2.05, 4.69) is 9.71 Å². The molecule has 5 N–H and O–H groups in total. The van der Waals surface area contributed by atoms with Crippen LogP contribution in [0, 0.1) is 5.92 Å². The van der Waals surface area contributed by atoms with Crippen LogP contribution in [-0.4, -0.2) is 33.2 Å². The lowest BCUT2D eigenvalue weighted by atomic mass is 10.1. The Balaban J connectivity index is 0.00000225. The number of rotatable bonds is 4. The van der Waals surface area contributed by atoms with Gasteiger partial charge in [-0.05, 0) is 18.8 Å². The molecule has 16 heavy (non-hydrogen) atoms. The van der Waals surface area contributed by atoms with Gasteiger partial charge < -0.3 is 11.5 Å². The Morgan fingerprint density at radius 2 is 2.06 bits per heavy atom. The highest BCUT2D eigenvalue weighted by atomic mass is 127. The summed E-state index contributed by atoms with van der Waals surface area (Å²) in [6.45, 7) is 0.496. The largest absolute Gasteiger partial charge is 0.370 e. The van der Waals surface area contributed by atoms with Crippen molar-refractivity contribution in [2.75, 3.05) is 12.8 Å². The van der Waals surface area contributed by atoms with Gasteiger partial charge in [-0.15, -0.1) is 24.0 Å². The van der Waals surface area contributed by atoms with Gasteiger partial charge in [-0.3, -0.25) is 4.99 Å². The van der Waals surface area contributed by atoms with E-state index in [0.717, 1.165) is 19.3 Å². The molecule has 0 spiro atoms. The number of hydrogen-bond donors (Lipinski definition) is 3. The maximum Gasteiger partial charge on any atom is 0.208 e. The van der Waals surface area contributed by atoms with Crippen LogP contribution in [0.25, 0.3) is 0 Å². The lowest BCUT2D eigenvalue weighted by Crippen LogP contribution is -2.38. The van der Waals surface area contributed by atoms with Crippen molar-refractivity contribution in [2.45, 2.75) is 25.3 Å². The molecule has 0 aromatic carbocycles. The van der Waals surface area contributed by atoms with E-state index in [1.807, 2.05) is 0 Å². The highest BCUT2D eigenvalue weighted by molar-refractivity contribution is 14.0. The van der Waals surface area contributed by atoms with Crippen molar-refractivity contribution in [3.05, 3.63) is 0 Å². The minimum absolute atomic E-state index is 0. The van der Waals surface area contributed by atoms with Crippen molar-refractivity contribution in [1.29, 1.82) is 0 Å². The molecule has 0 saturated heterocycles. The highest BCUT2D eigenvalue weighted by Crippen LogP contribution is 2.26. The van der Waals surface area contributed by atoms with Gasteiger partial charge in [0.2, 0.25) is 10.0 Å². The zero-order valence-corrected chi connectivity index (χ0v) is 12.4. The van der Waals surface area contributed by atoms with E-state index in [1.165, 1.54) is 6.26 Å². The molecular formula is C8H19IN4O2S. The summed E-state index contributed by atoms with van der Waals surface area (Å²) in [5, 5.41) is 0. The molecule has 0 aliphatic heterocycles. The van der Waals surface area contributed by atoms with Crippen molar-refractivity contribution < 1.29 is 8.42 Å². The Kier molecular flexibility index (Phi) is 6.56. The number of nitrogens with zero attached hydrogens (tertiary/aromatic N) is 1. The molecule has 1 aliphatic rings. The van der Waals surface area contributed by atoms with E-state index < -0.39 is 10.0 Å². The van der Waals surface area contributed by atoms with Gasteiger partial charge in [0.05, 0.1) is 6.26 Å². The topological polar surface area (TPSA) is 111 Å². The monoisotopic (exact) mass is 362 g/mol. The summed E-state index contributed by atoms with van der Waals surface area (Å²) in [5.74, 6) is 0.266. The molecule has 2 atom stereocenters. The van der Waals surface area contributed by atoms with Gasteiger partial charge in [-0.25, -0.2) is 13.1 Å². The van der Waals surface area contributed by atoms with Crippen LogP contribution < -0.4 is 16.2 Å².